The standard InChI is InChI=1S/C12H23NO2S/c1-16(14,15)12-6-2-5-11(12)13-9-3-4-10-7-8-10/h10-13H,2-9H2,1H3. The van der Waals surface area contributed by atoms with Crippen LogP contribution in [0.3, 0.4) is 0 Å². The zero-order valence-corrected chi connectivity index (χ0v) is 10.9. The van der Waals surface area contributed by atoms with Crippen molar-refractivity contribution in [2.75, 3.05) is 12.8 Å². The third-order valence-electron chi connectivity index (χ3n) is 3.90. The van der Waals surface area contributed by atoms with E-state index in [0.717, 1.165) is 31.7 Å². The molecule has 0 saturated heterocycles. The van der Waals surface area contributed by atoms with Crippen molar-refractivity contribution < 1.29 is 8.42 Å². The number of hydrogen-bond donors (Lipinski definition) is 1. The Hall–Kier alpha value is -0.0900. The van der Waals surface area contributed by atoms with Gasteiger partial charge >= 0.3 is 0 Å². The first-order valence-corrected chi connectivity index (χ1v) is 8.45. The maximum atomic E-state index is 11.6. The minimum Gasteiger partial charge on any atom is -0.313 e. The quantitative estimate of drug-likeness (QED) is 0.725. The highest BCUT2D eigenvalue weighted by atomic mass is 32.2. The fraction of sp³-hybridized carbons (Fsp3) is 1.00. The van der Waals surface area contributed by atoms with Crippen LogP contribution in [-0.2, 0) is 9.84 Å². The van der Waals surface area contributed by atoms with E-state index in [9.17, 15) is 8.42 Å². The molecule has 0 heterocycles. The molecule has 2 aliphatic carbocycles. The van der Waals surface area contributed by atoms with Crippen molar-refractivity contribution in [1.82, 2.24) is 5.32 Å². The molecule has 0 aromatic carbocycles. The van der Waals surface area contributed by atoms with Gasteiger partial charge in [0.1, 0.15) is 0 Å². The van der Waals surface area contributed by atoms with E-state index in [2.05, 4.69) is 5.32 Å². The third kappa shape index (κ3) is 3.45. The van der Waals surface area contributed by atoms with Gasteiger partial charge in [-0.1, -0.05) is 19.3 Å². The van der Waals surface area contributed by atoms with Crippen LogP contribution in [0.2, 0.25) is 0 Å². The highest BCUT2D eigenvalue weighted by molar-refractivity contribution is 7.91. The molecule has 0 bridgehead atoms. The summed E-state index contributed by atoms with van der Waals surface area (Å²) >= 11 is 0. The summed E-state index contributed by atoms with van der Waals surface area (Å²) in [7, 11) is -2.86. The largest absolute Gasteiger partial charge is 0.313 e. The van der Waals surface area contributed by atoms with E-state index in [-0.39, 0.29) is 11.3 Å². The zero-order chi connectivity index (χ0) is 11.6. The second-order valence-electron chi connectivity index (χ2n) is 5.45. The molecule has 0 radical (unpaired) electrons. The van der Waals surface area contributed by atoms with Crippen molar-refractivity contribution in [1.29, 1.82) is 0 Å². The summed E-state index contributed by atoms with van der Waals surface area (Å²) in [5, 5.41) is 3.31. The van der Waals surface area contributed by atoms with Crippen molar-refractivity contribution in [3.8, 4) is 0 Å². The molecule has 2 fully saturated rings. The first-order valence-electron chi connectivity index (χ1n) is 6.49. The maximum Gasteiger partial charge on any atom is 0.151 e. The van der Waals surface area contributed by atoms with Crippen molar-refractivity contribution in [3.05, 3.63) is 0 Å². The van der Waals surface area contributed by atoms with Gasteiger partial charge in [-0.25, -0.2) is 8.42 Å². The lowest BCUT2D eigenvalue weighted by Gasteiger charge is -2.19. The van der Waals surface area contributed by atoms with E-state index in [1.165, 1.54) is 31.9 Å². The highest BCUT2D eigenvalue weighted by Crippen LogP contribution is 2.33. The van der Waals surface area contributed by atoms with Gasteiger partial charge in [-0.2, -0.15) is 0 Å². The summed E-state index contributed by atoms with van der Waals surface area (Å²) in [5.41, 5.74) is 0. The van der Waals surface area contributed by atoms with Gasteiger partial charge in [0.15, 0.2) is 9.84 Å². The molecule has 2 saturated carbocycles. The molecule has 0 spiro atoms. The first-order chi connectivity index (χ1) is 7.57. The van der Waals surface area contributed by atoms with E-state index >= 15 is 0 Å². The molecule has 0 aromatic rings. The zero-order valence-electron chi connectivity index (χ0n) is 10.1. The Morgan fingerprint density at radius 3 is 2.56 bits per heavy atom. The van der Waals surface area contributed by atoms with Crippen molar-refractivity contribution >= 4 is 9.84 Å². The smallest absolute Gasteiger partial charge is 0.151 e. The van der Waals surface area contributed by atoms with Crippen LogP contribution in [0, 0.1) is 5.92 Å². The molecule has 16 heavy (non-hydrogen) atoms. The average molecular weight is 245 g/mol. The predicted octanol–water partition coefficient (Wildman–Crippen LogP) is 1.73. The Morgan fingerprint density at radius 1 is 1.19 bits per heavy atom. The molecule has 2 atom stereocenters. The van der Waals surface area contributed by atoms with Gasteiger partial charge in [-0.15, -0.1) is 0 Å². The summed E-state index contributed by atoms with van der Waals surface area (Å²) < 4.78 is 23.1. The van der Waals surface area contributed by atoms with Gasteiger partial charge in [0, 0.05) is 12.3 Å². The normalized spacial score (nSPS) is 30.8. The molecule has 2 aliphatic rings. The Kier molecular flexibility index (Phi) is 3.90. The van der Waals surface area contributed by atoms with E-state index in [0.29, 0.717) is 0 Å². The highest BCUT2D eigenvalue weighted by Gasteiger charge is 2.34. The van der Waals surface area contributed by atoms with Gasteiger partial charge in [0.05, 0.1) is 5.25 Å². The lowest BCUT2D eigenvalue weighted by atomic mass is 10.2. The number of nitrogens with one attached hydrogen (secondary N) is 1. The minimum absolute atomic E-state index is 0.131. The van der Waals surface area contributed by atoms with Crippen LogP contribution in [0.4, 0.5) is 0 Å². The van der Waals surface area contributed by atoms with E-state index < -0.39 is 9.84 Å². The van der Waals surface area contributed by atoms with Crippen LogP contribution in [-0.4, -0.2) is 32.5 Å². The van der Waals surface area contributed by atoms with Crippen LogP contribution in [0.1, 0.15) is 44.9 Å². The molecule has 1 N–H and O–H groups in total. The van der Waals surface area contributed by atoms with E-state index in [1.807, 2.05) is 0 Å². The SMILES string of the molecule is CS(=O)(=O)C1CCCC1NCCCC1CC1. The van der Waals surface area contributed by atoms with Crippen LogP contribution in [0.5, 0.6) is 0 Å². The second-order valence-corrected chi connectivity index (χ2v) is 7.71. The summed E-state index contributed by atoms with van der Waals surface area (Å²) in [4.78, 5) is 0. The maximum absolute atomic E-state index is 11.6. The van der Waals surface area contributed by atoms with Crippen molar-refractivity contribution in [3.63, 3.8) is 0 Å². The van der Waals surface area contributed by atoms with Crippen LogP contribution >= 0.6 is 0 Å². The molecule has 2 rings (SSSR count). The summed E-state index contributed by atoms with van der Waals surface area (Å²) in [6.07, 6.45) is 9.66. The molecule has 0 aliphatic heterocycles. The molecule has 94 valence electrons. The lowest BCUT2D eigenvalue weighted by molar-refractivity contribution is 0.490. The minimum atomic E-state index is -2.86. The average Bonchev–Trinajstić information content (AvgIpc) is 2.88. The first kappa shape index (κ1) is 12.4. The van der Waals surface area contributed by atoms with Gasteiger partial charge in [-0.3, -0.25) is 0 Å². The number of rotatable bonds is 6. The van der Waals surface area contributed by atoms with E-state index in [4.69, 9.17) is 0 Å². The van der Waals surface area contributed by atoms with Crippen LogP contribution in [0.25, 0.3) is 0 Å². The van der Waals surface area contributed by atoms with Gasteiger partial charge in [0.2, 0.25) is 0 Å². The Balaban J connectivity index is 1.70. The fourth-order valence-electron chi connectivity index (χ4n) is 2.76. The monoisotopic (exact) mass is 245 g/mol. The number of sulfone groups is 1. The Bertz CT molecular complexity index is 322. The molecule has 4 heteroatoms. The van der Waals surface area contributed by atoms with Crippen molar-refractivity contribution in [2.24, 2.45) is 5.92 Å². The Labute approximate surface area is 98.9 Å². The molecular formula is C12H23NO2S. The summed E-state index contributed by atoms with van der Waals surface area (Å²) in [6, 6.07) is 0.217. The molecular weight excluding hydrogens is 222 g/mol. The van der Waals surface area contributed by atoms with Gasteiger partial charge in [0.25, 0.3) is 0 Å². The molecule has 0 aromatic heterocycles. The van der Waals surface area contributed by atoms with Crippen molar-refractivity contribution in [2.45, 2.75) is 56.2 Å². The van der Waals surface area contributed by atoms with Crippen LogP contribution < -0.4 is 5.32 Å². The van der Waals surface area contributed by atoms with E-state index in [1.54, 1.807) is 0 Å². The lowest BCUT2D eigenvalue weighted by Crippen LogP contribution is -2.40. The number of hydrogen-bond acceptors (Lipinski definition) is 3. The molecule has 2 unspecified atom stereocenters. The summed E-state index contributed by atoms with van der Waals surface area (Å²) in [6.45, 7) is 0.993. The van der Waals surface area contributed by atoms with Crippen LogP contribution in [0.15, 0.2) is 0 Å². The van der Waals surface area contributed by atoms with Gasteiger partial charge in [-0.05, 0) is 38.1 Å². The molecule has 0 amide bonds. The predicted molar refractivity (Wildman–Crippen MR) is 66.2 cm³/mol. The second kappa shape index (κ2) is 5.05. The summed E-state index contributed by atoms with van der Waals surface area (Å²) in [5.74, 6) is 0.982. The topological polar surface area (TPSA) is 46.2 Å². The fourth-order valence-corrected chi connectivity index (χ4v) is 4.18. The molecule has 3 nitrogen and oxygen atoms in total. The van der Waals surface area contributed by atoms with Gasteiger partial charge < -0.3 is 5.32 Å². The Morgan fingerprint density at radius 2 is 1.94 bits per heavy atom. The third-order valence-corrected chi connectivity index (χ3v) is 5.56.